The molecule has 94 valence electrons. The van der Waals surface area contributed by atoms with Gasteiger partial charge in [-0.2, -0.15) is 0 Å². The molecule has 0 fully saturated rings. The molecular formula is C14H16BrN3. The van der Waals surface area contributed by atoms with Gasteiger partial charge in [-0.25, -0.2) is 4.98 Å². The normalized spacial score (nSPS) is 10.4. The second-order valence-electron chi connectivity index (χ2n) is 4.12. The van der Waals surface area contributed by atoms with Crippen LogP contribution in [0.3, 0.4) is 0 Å². The Morgan fingerprint density at radius 2 is 1.94 bits per heavy atom. The molecule has 2 aromatic rings. The van der Waals surface area contributed by atoms with Gasteiger partial charge >= 0.3 is 0 Å². The molecule has 3 nitrogen and oxygen atoms in total. The molecular weight excluding hydrogens is 290 g/mol. The summed E-state index contributed by atoms with van der Waals surface area (Å²) in [5, 5.41) is 3.33. The maximum Gasteiger partial charge on any atom is 0.140 e. The number of nitrogens with one attached hydrogen (secondary N) is 1. The smallest absolute Gasteiger partial charge is 0.140 e. The number of rotatable bonds is 4. The number of halogens is 1. The predicted molar refractivity (Wildman–Crippen MR) is 78.3 cm³/mol. The van der Waals surface area contributed by atoms with Gasteiger partial charge in [0, 0.05) is 19.3 Å². The number of benzene rings is 1. The SMILES string of the molecule is Cc1ccnc(NCc2ccccc2CN)c1Br. The second-order valence-corrected chi connectivity index (χ2v) is 4.91. The van der Waals surface area contributed by atoms with Gasteiger partial charge in [0.1, 0.15) is 5.82 Å². The number of nitrogens with zero attached hydrogens (tertiary/aromatic N) is 1. The monoisotopic (exact) mass is 305 g/mol. The van der Waals surface area contributed by atoms with Crippen molar-refractivity contribution >= 4 is 21.7 Å². The van der Waals surface area contributed by atoms with Crippen LogP contribution in [0, 0.1) is 6.92 Å². The molecule has 0 aliphatic carbocycles. The van der Waals surface area contributed by atoms with E-state index in [0.717, 1.165) is 22.4 Å². The molecule has 1 heterocycles. The molecule has 2 rings (SSSR count). The van der Waals surface area contributed by atoms with Crippen LogP contribution in [-0.4, -0.2) is 4.98 Å². The van der Waals surface area contributed by atoms with Crippen LogP contribution < -0.4 is 11.1 Å². The lowest BCUT2D eigenvalue weighted by atomic mass is 10.1. The first-order valence-electron chi connectivity index (χ1n) is 5.84. The van der Waals surface area contributed by atoms with Crippen LogP contribution in [0.15, 0.2) is 41.0 Å². The van der Waals surface area contributed by atoms with Gasteiger partial charge < -0.3 is 11.1 Å². The Bertz CT molecular complexity index is 540. The van der Waals surface area contributed by atoms with E-state index in [-0.39, 0.29) is 0 Å². The highest BCUT2D eigenvalue weighted by atomic mass is 79.9. The summed E-state index contributed by atoms with van der Waals surface area (Å²) in [6.07, 6.45) is 1.80. The fourth-order valence-corrected chi connectivity index (χ4v) is 2.15. The standard InChI is InChI=1S/C14H16BrN3/c1-10-6-7-17-14(13(10)15)18-9-12-5-3-2-4-11(12)8-16/h2-7H,8-9,16H2,1H3,(H,17,18). The highest BCUT2D eigenvalue weighted by Gasteiger charge is 2.05. The topological polar surface area (TPSA) is 50.9 Å². The molecule has 3 N–H and O–H groups in total. The molecule has 0 amide bonds. The molecule has 4 heteroatoms. The quantitative estimate of drug-likeness (QED) is 0.912. The maximum absolute atomic E-state index is 5.72. The van der Waals surface area contributed by atoms with E-state index in [9.17, 15) is 0 Å². The molecule has 1 aromatic carbocycles. The first kappa shape index (κ1) is 13.1. The van der Waals surface area contributed by atoms with E-state index < -0.39 is 0 Å². The summed E-state index contributed by atoms with van der Waals surface area (Å²) in [5.74, 6) is 0.863. The van der Waals surface area contributed by atoms with E-state index >= 15 is 0 Å². The van der Waals surface area contributed by atoms with Crippen molar-refractivity contribution < 1.29 is 0 Å². The Labute approximate surface area is 116 Å². The Morgan fingerprint density at radius 3 is 2.67 bits per heavy atom. The van der Waals surface area contributed by atoms with E-state index in [1.807, 2.05) is 25.1 Å². The van der Waals surface area contributed by atoms with Crippen LogP contribution in [-0.2, 0) is 13.1 Å². The van der Waals surface area contributed by atoms with Gasteiger partial charge in [-0.05, 0) is 45.6 Å². The lowest BCUT2D eigenvalue weighted by Crippen LogP contribution is -2.07. The van der Waals surface area contributed by atoms with E-state index in [2.05, 4.69) is 38.4 Å². The minimum Gasteiger partial charge on any atom is -0.365 e. The van der Waals surface area contributed by atoms with Crippen molar-refractivity contribution in [1.29, 1.82) is 0 Å². The van der Waals surface area contributed by atoms with Gasteiger partial charge in [-0.1, -0.05) is 24.3 Å². The second kappa shape index (κ2) is 5.98. The minimum atomic E-state index is 0.556. The maximum atomic E-state index is 5.72. The van der Waals surface area contributed by atoms with Crippen molar-refractivity contribution in [3.05, 3.63) is 57.7 Å². The molecule has 0 radical (unpaired) electrons. The van der Waals surface area contributed by atoms with Gasteiger partial charge in [0.15, 0.2) is 0 Å². The predicted octanol–water partition coefficient (Wildman–Crippen LogP) is 3.22. The van der Waals surface area contributed by atoms with E-state index in [4.69, 9.17) is 5.73 Å². The number of pyridine rings is 1. The highest BCUT2D eigenvalue weighted by Crippen LogP contribution is 2.24. The summed E-state index contributed by atoms with van der Waals surface area (Å²) in [5.41, 5.74) is 9.25. The molecule has 0 unspecified atom stereocenters. The third-order valence-electron chi connectivity index (χ3n) is 2.87. The van der Waals surface area contributed by atoms with Gasteiger partial charge in [0.05, 0.1) is 4.47 Å². The Kier molecular flexibility index (Phi) is 4.33. The van der Waals surface area contributed by atoms with Gasteiger partial charge in [0.25, 0.3) is 0 Å². The van der Waals surface area contributed by atoms with Crippen LogP contribution in [0.2, 0.25) is 0 Å². The Hall–Kier alpha value is -1.39. The highest BCUT2D eigenvalue weighted by molar-refractivity contribution is 9.10. The van der Waals surface area contributed by atoms with Gasteiger partial charge in [0.2, 0.25) is 0 Å². The average molecular weight is 306 g/mol. The molecule has 0 spiro atoms. The number of hydrogen-bond acceptors (Lipinski definition) is 3. The van der Waals surface area contributed by atoms with E-state index in [0.29, 0.717) is 6.54 Å². The molecule has 0 saturated carbocycles. The zero-order valence-corrected chi connectivity index (χ0v) is 11.9. The number of anilines is 1. The van der Waals surface area contributed by atoms with Crippen LogP contribution in [0.5, 0.6) is 0 Å². The third kappa shape index (κ3) is 2.89. The number of hydrogen-bond donors (Lipinski definition) is 2. The minimum absolute atomic E-state index is 0.556. The zero-order chi connectivity index (χ0) is 13.0. The largest absolute Gasteiger partial charge is 0.365 e. The van der Waals surface area contributed by atoms with E-state index in [1.54, 1.807) is 6.20 Å². The molecule has 18 heavy (non-hydrogen) atoms. The van der Waals surface area contributed by atoms with E-state index in [1.165, 1.54) is 11.1 Å². The number of aryl methyl sites for hydroxylation is 1. The van der Waals surface area contributed by atoms with Crippen molar-refractivity contribution in [2.24, 2.45) is 5.73 Å². The van der Waals surface area contributed by atoms with Crippen molar-refractivity contribution in [2.45, 2.75) is 20.0 Å². The van der Waals surface area contributed by atoms with Gasteiger partial charge in [-0.3, -0.25) is 0 Å². The molecule has 0 bridgehead atoms. The zero-order valence-electron chi connectivity index (χ0n) is 10.3. The molecule has 0 atom stereocenters. The van der Waals surface area contributed by atoms with Crippen molar-refractivity contribution in [1.82, 2.24) is 4.98 Å². The first-order chi connectivity index (χ1) is 8.72. The van der Waals surface area contributed by atoms with Crippen molar-refractivity contribution in [3.8, 4) is 0 Å². The molecule has 1 aromatic heterocycles. The molecule has 0 saturated heterocycles. The Balaban J connectivity index is 2.14. The summed E-state index contributed by atoms with van der Waals surface area (Å²) in [7, 11) is 0. The first-order valence-corrected chi connectivity index (χ1v) is 6.63. The van der Waals surface area contributed by atoms with Gasteiger partial charge in [-0.15, -0.1) is 0 Å². The van der Waals surface area contributed by atoms with Crippen molar-refractivity contribution in [2.75, 3.05) is 5.32 Å². The summed E-state index contributed by atoms with van der Waals surface area (Å²) in [6, 6.07) is 10.1. The fraction of sp³-hybridized carbons (Fsp3) is 0.214. The molecule has 0 aliphatic heterocycles. The average Bonchev–Trinajstić information content (AvgIpc) is 2.41. The number of aromatic nitrogens is 1. The summed E-state index contributed by atoms with van der Waals surface area (Å²) < 4.78 is 1.01. The number of nitrogens with two attached hydrogens (primary N) is 1. The summed E-state index contributed by atoms with van der Waals surface area (Å²) in [4.78, 5) is 4.32. The lowest BCUT2D eigenvalue weighted by Gasteiger charge is -2.11. The molecule has 0 aliphatic rings. The fourth-order valence-electron chi connectivity index (χ4n) is 1.77. The van der Waals surface area contributed by atoms with Crippen molar-refractivity contribution in [3.63, 3.8) is 0 Å². The van der Waals surface area contributed by atoms with Crippen LogP contribution in [0.4, 0.5) is 5.82 Å². The summed E-state index contributed by atoms with van der Waals surface area (Å²) >= 11 is 3.54. The Morgan fingerprint density at radius 1 is 1.22 bits per heavy atom. The lowest BCUT2D eigenvalue weighted by molar-refractivity contribution is 1.000. The van der Waals surface area contributed by atoms with Crippen LogP contribution in [0.1, 0.15) is 16.7 Å². The third-order valence-corrected chi connectivity index (χ3v) is 3.87. The van der Waals surface area contributed by atoms with Crippen LogP contribution in [0.25, 0.3) is 0 Å². The summed E-state index contributed by atoms with van der Waals surface area (Å²) in [6.45, 7) is 3.33. The van der Waals surface area contributed by atoms with Crippen LogP contribution >= 0.6 is 15.9 Å².